The van der Waals surface area contributed by atoms with Crippen molar-refractivity contribution in [2.75, 3.05) is 0 Å². The average molecular weight is 866 g/mol. The van der Waals surface area contributed by atoms with Gasteiger partial charge in [0.05, 0.1) is 5.52 Å². The molecule has 0 amide bonds. The number of hydrogen-bond acceptors (Lipinski definition) is 1. The third kappa shape index (κ3) is 5.48. The highest BCUT2D eigenvalue weighted by atomic mass is 14.7. The minimum absolute atomic E-state index is 0.206. The molecule has 320 valence electrons. The zero-order valence-corrected chi connectivity index (χ0v) is 38.7. The van der Waals surface area contributed by atoms with Gasteiger partial charge < -0.3 is 0 Å². The molecule has 1 aromatic heterocycles. The first-order valence-electron chi connectivity index (χ1n) is 24.0. The minimum Gasteiger partial charge on any atom is -0.256 e. The lowest BCUT2D eigenvalue weighted by atomic mass is 9.79. The molecule has 0 atom stereocenters. The van der Waals surface area contributed by atoms with E-state index in [1.807, 2.05) is 0 Å². The Morgan fingerprint density at radius 1 is 0.294 bits per heavy atom. The van der Waals surface area contributed by atoms with Crippen LogP contribution in [0.5, 0.6) is 0 Å². The Labute approximate surface area is 397 Å². The van der Waals surface area contributed by atoms with Crippen molar-refractivity contribution in [1.29, 1.82) is 0 Å². The van der Waals surface area contributed by atoms with Crippen LogP contribution < -0.4 is 0 Å². The van der Waals surface area contributed by atoms with Crippen molar-refractivity contribution in [2.24, 2.45) is 0 Å². The number of hydrogen-bond donors (Lipinski definition) is 0. The highest BCUT2D eigenvalue weighted by Crippen LogP contribution is 2.55. The highest BCUT2D eigenvalue weighted by molar-refractivity contribution is 6.27. The van der Waals surface area contributed by atoms with Gasteiger partial charge in [-0.15, -0.1) is 0 Å². The molecule has 68 heavy (non-hydrogen) atoms. The SMILES string of the molecule is CC1(C)c2cc(-c3cccc4ccccc34)ccc2-c2ccc(-c3c4ccccc4c(-c4ccc5c(c4)C(C)(C)c4cc(-c6cccc7ccccc67)ccc4-5)c4c3cnc3ccccc34)cc21. The van der Waals surface area contributed by atoms with Crippen LogP contribution in [0.15, 0.2) is 212 Å². The molecule has 0 spiro atoms. The van der Waals surface area contributed by atoms with Crippen LogP contribution in [0.4, 0.5) is 0 Å². The summed E-state index contributed by atoms with van der Waals surface area (Å²) in [6.07, 6.45) is 2.15. The number of nitrogens with zero attached hydrogens (tertiary/aromatic N) is 1. The number of rotatable bonds is 4. The average Bonchev–Trinajstić information content (AvgIpc) is 3.75. The van der Waals surface area contributed by atoms with Crippen LogP contribution in [0, 0.1) is 0 Å². The van der Waals surface area contributed by atoms with Gasteiger partial charge in [-0.1, -0.05) is 204 Å². The van der Waals surface area contributed by atoms with Crippen molar-refractivity contribution in [3.05, 3.63) is 235 Å². The van der Waals surface area contributed by atoms with Gasteiger partial charge >= 0.3 is 0 Å². The van der Waals surface area contributed by atoms with Gasteiger partial charge in [0, 0.05) is 33.2 Å². The number of benzene rings is 11. The summed E-state index contributed by atoms with van der Waals surface area (Å²) in [7, 11) is 0. The zero-order valence-electron chi connectivity index (χ0n) is 38.7. The molecule has 12 aromatic rings. The fourth-order valence-corrected chi connectivity index (χ4v) is 12.5. The van der Waals surface area contributed by atoms with Crippen molar-refractivity contribution >= 4 is 54.0 Å². The quantitative estimate of drug-likeness (QED) is 0.127. The van der Waals surface area contributed by atoms with Gasteiger partial charge in [-0.2, -0.15) is 0 Å². The van der Waals surface area contributed by atoms with Gasteiger partial charge in [0.1, 0.15) is 0 Å². The largest absolute Gasteiger partial charge is 0.256 e. The summed E-state index contributed by atoms with van der Waals surface area (Å²) >= 11 is 0. The lowest BCUT2D eigenvalue weighted by molar-refractivity contribution is 0.660. The molecule has 0 saturated carbocycles. The first-order chi connectivity index (χ1) is 33.2. The smallest absolute Gasteiger partial charge is 0.0708 e. The summed E-state index contributed by atoms with van der Waals surface area (Å²) in [6, 6.07) is 77.3. The molecular weight excluding hydrogens is 819 g/mol. The molecule has 0 fully saturated rings. The molecule has 11 aromatic carbocycles. The van der Waals surface area contributed by atoms with Crippen molar-refractivity contribution in [2.45, 2.75) is 38.5 Å². The Morgan fingerprint density at radius 2 is 0.676 bits per heavy atom. The van der Waals surface area contributed by atoms with Crippen LogP contribution in [-0.4, -0.2) is 4.98 Å². The van der Waals surface area contributed by atoms with Gasteiger partial charge in [0.25, 0.3) is 0 Å². The van der Waals surface area contributed by atoms with E-state index < -0.39 is 0 Å². The molecule has 1 heterocycles. The van der Waals surface area contributed by atoms with Gasteiger partial charge in [-0.05, 0) is 152 Å². The predicted molar refractivity (Wildman–Crippen MR) is 289 cm³/mol. The molecule has 14 rings (SSSR count). The third-order valence-electron chi connectivity index (χ3n) is 15.9. The van der Waals surface area contributed by atoms with Crippen LogP contribution in [0.1, 0.15) is 49.9 Å². The number of aromatic nitrogens is 1. The molecule has 0 N–H and O–H groups in total. The second-order valence-electron chi connectivity index (χ2n) is 20.2. The summed E-state index contributed by atoms with van der Waals surface area (Å²) in [5.74, 6) is 0. The summed E-state index contributed by atoms with van der Waals surface area (Å²) < 4.78 is 0. The Morgan fingerprint density at radius 3 is 1.19 bits per heavy atom. The predicted octanol–water partition coefficient (Wildman–Crippen LogP) is 18.1. The maximum atomic E-state index is 5.19. The summed E-state index contributed by atoms with van der Waals surface area (Å²) in [5, 5.41) is 11.2. The molecule has 1 heteroatoms. The van der Waals surface area contributed by atoms with E-state index >= 15 is 0 Å². The van der Waals surface area contributed by atoms with Crippen LogP contribution in [0.25, 0.3) is 121 Å². The molecule has 0 bridgehead atoms. The van der Waals surface area contributed by atoms with Crippen molar-refractivity contribution in [1.82, 2.24) is 4.98 Å². The van der Waals surface area contributed by atoms with E-state index in [9.17, 15) is 0 Å². The van der Waals surface area contributed by atoms with E-state index in [1.165, 1.54) is 137 Å². The molecule has 0 aliphatic heterocycles. The second-order valence-corrected chi connectivity index (χ2v) is 20.2. The number of fused-ring (bicyclic) bond motifs is 12. The Hall–Kier alpha value is -8.13. The van der Waals surface area contributed by atoms with Gasteiger partial charge in [0.15, 0.2) is 0 Å². The van der Waals surface area contributed by atoms with Crippen molar-refractivity contribution in [3.63, 3.8) is 0 Å². The first kappa shape index (κ1) is 39.1. The third-order valence-corrected chi connectivity index (χ3v) is 15.9. The van der Waals surface area contributed by atoms with Crippen molar-refractivity contribution < 1.29 is 0 Å². The van der Waals surface area contributed by atoms with E-state index in [0.29, 0.717) is 0 Å². The van der Waals surface area contributed by atoms with E-state index in [-0.39, 0.29) is 10.8 Å². The van der Waals surface area contributed by atoms with E-state index in [2.05, 4.69) is 240 Å². The summed E-state index contributed by atoms with van der Waals surface area (Å²) in [4.78, 5) is 5.19. The molecule has 0 unspecified atom stereocenters. The maximum absolute atomic E-state index is 5.19. The Kier molecular flexibility index (Phi) is 8.15. The molecule has 0 radical (unpaired) electrons. The number of para-hydroxylation sites is 1. The maximum Gasteiger partial charge on any atom is 0.0708 e. The van der Waals surface area contributed by atoms with E-state index in [1.54, 1.807) is 0 Å². The standard InChI is InChI=1S/C67H47N/c1-66(2)58-35-42(48-24-13-17-40-15-5-7-19-46(40)48)27-31-50(58)52-33-29-44(37-60(52)66)63-54-21-9-10-22-55(54)64(65-56-23-11-12-26-62(56)68-39-57(63)65)45-30-34-53-51-32-28-43(36-59(51)67(3,4)61(53)38-45)49-25-14-18-41-16-6-8-20-47(41)49/h5-39H,1-4H3. The van der Waals surface area contributed by atoms with E-state index in [4.69, 9.17) is 4.98 Å². The number of pyridine rings is 1. The second kappa shape index (κ2) is 14.2. The molecule has 2 aliphatic carbocycles. The first-order valence-corrected chi connectivity index (χ1v) is 24.0. The normalized spacial score (nSPS) is 14.1. The van der Waals surface area contributed by atoms with Gasteiger partial charge in [0.2, 0.25) is 0 Å². The molecule has 2 aliphatic rings. The summed E-state index contributed by atoms with van der Waals surface area (Å²) in [5.41, 5.74) is 21.4. The molecule has 1 nitrogen and oxygen atoms in total. The Balaban J connectivity index is 0.938. The highest BCUT2D eigenvalue weighted by Gasteiger charge is 2.38. The van der Waals surface area contributed by atoms with Gasteiger partial charge in [-0.3, -0.25) is 4.98 Å². The monoisotopic (exact) mass is 865 g/mol. The van der Waals surface area contributed by atoms with Crippen molar-refractivity contribution in [3.8, 4) is 66.8 Å². The lowest BCUT2D eigenvalue weighted by Gasteiger charge is -2.24. The molecule has 0 saturated heterocycles. The fraction of sp³-hybridized carbons (Fsp3) is 0.0896. The van der Waals surface area contributed by atoms with E-state index in [0.717, 1.165) is 5.52 Å². The minimum atomic E-state index is -0.207. The van der Waals surface area contributed by atoms with Crippen LogP contribution in [-0.2, 0) is 10.8 Å². The molecular formula is C67H47N. The fourth-order valence-electron chi connectivity index (χ4n) is 12.5. The Bertz CT molecular complexity index is 4130. The van der Waals surface area contributed by atoms with Crippen LogP contribution >= 0.6 is 0 Å². The topological polar surface area (TPSA) is 12.9 Å². The summed E-state index contributed by atoms with van der Waals surface area (Å²) in [6.45, 7) is 9.62. The zero-order chi connectivity index (χ0) is 45.5. The van der Waals surface area contributed by atoms with Crippen LogP contribution in [0.2, 0.25) is 0 Å². The lowest BCUT2D eigenvalue weighted by Crippen LogP contribution is -2.15. The van der Waals surface area contributed by atoms with Gasteiger partial charge in [-0.25, -0.2) is 0 Å². The van der Waals surface area contributed by atoms with Crippen LogP contribution in [0.3, 0.4) is 0 Å².